The Bertz CT molecular complexity index is 1490. The Morgan fingerprint density at radius 1 is 1.15 bits per heavy atom. The van der Waals surface area contributed by atoms with Gasteiger partial charge in [0.1, 0.15) is 17.1 Å². The first-order valence-corrected chi connectivity index (χ1v) is 12.7. The lowest BCUT2D eigenvalue weighted by Gasteiger charge is -2.43. The molecule has 0 spiro atoms. The fourth-order valence-corrected chi connectivity index (χ4v) is 5.06. The molecule has 14 heteroatoms. The SMILES string of the molecule is CC1(n2nc(-c3ccc(CC(=O)Nc4cc(CCC5(C(F)(F)F)CCC5)no4)c(F)c3F)c(C(N)=O)c2N)CC1. The van der Waals surface area contributed by atoms with Crippen LogP contribution >= 0.6 is 0 Å². The minimum atomic E-state index is -4.30. The topological polar surface area (TPSA) is 142 Å². The molecule has 1 aromatic carbocycles. The third-order valence-electron chi connectivity index (χ3n) is 8.01. The molecule has 214 valence electrons. The van der Waals surface area contributed by atoms with Gasteiger partial charge in [-0.05, 0) is 51.5 Å². The van der Waals surface area contributed by atoms with Crippen LogP contribution in [0.1, 0.15) is 67.1 Å². The third-order valence-corrected chi connectivity index (χ3v) is 8.01. The molecule has 0 saturated heterocycles. The van der Waals surface area contributed by atoms with E-state index in [2.05, 4.69) is 15.6 Å². The number of benzene rings is 1. The summed E-state index contributed by atoms with van der Waals surface area (Å²) in [7, 11) is 0. The highest BCUT2D eigenvalue weighted by atomic mass is 19.4. The molecule has 0 bridgehead atoms. The number of rotatable bonds is 9. The van der Waals surface area contributed by atoms with Gasteiger partial charge in [-0.3, -0.25) is 14.9 Å². The van der Waals surface area contributed by atoms with Gasteiger partial charge in [-0.25, -0.2) is 13.5 Å². The second kappa shape index (κ2) is 9.59. The first kappa shape index (κ1) is 27.6. The van der Waals surface area contributed by atoms with Crippen LogP contribution in [0.4, 0.5) is 33.7 Å². The van der Waals surface area contributed by atoms with E-state index in [0.29, 0.717) is 6.42 Å². The fourth-order valence-electron chi connectivity index (χ4n) is 5.06. The van der Waals surface area contributed by atoms with Crippen molar-refractivity contribution >= 4 is 23.5 Å². The van der Waals surface area contributed by atoms with Gasteiger partial charge in [0.25, 0.3) is 5.91 Å². The predicted molar refractivity (Wildman–Crippen MR) is 133 cm³/mol. The maximum Gasteiger partial charge on any atom is 0.394 e. The Kier molecular flexibility index (Phi) is 6.62. The van der Waals surface area contributed by atoms with Crippen LogP contribution < -0.4 is 16.8 Å². The molecule has 2 heterocycles. The molecule has 0 atom stereocenters. The minimum absolute atomic E-state index is 0.00685. The average molecular weight is 567 g/mol. The molecular formula is C26H27F5N6O3. The summed E-state index contributed by atoms with van der Waals surface area (Å²) < 4.78 is 76.6. The van der Waals surface area contributed by atoms with Crippen molar-refractivity contribution in [1.29, 1.82) is 0 Å². The highest BCUT2D eigenvalue weighted by molar-refractivity contribution is 6.03. The third kappa shape index (κ3) is 4.79. The number of nitrogens with two attached hydrogens (primary N) is 2. The van der Waals surface area contributed by atoms with E-state index in [9.17, 15) is 22.8 Å². The van der Waals surface area contributed by atoms with E-state index in [1.807, 2.05) is 6.92 Å². The Hall–Kier alpha value is -3.97. The number of halogens is 5. The number of alkyl halides is 3. The van der Waals surface area contributed by atoms with Gasteiger partial charge in [0.2, 0.25) is 11.8 Å². The summed E-state index contributed by atoms with van der Waals surface area (Å²) in [5.41, 5.74) is 8.52. The molecule has 2 aliphatic carbocycles. The number of nitrogens with one attached hydrogen (secondary N) is 1. The molecule has 9 nitrogen and oxygen atoms in total. The summed E-state index contributed by atoms with van der Waals surface area (Å²) in [5.74, 6) is -4.56. The van der Waals surface area contributed by atoms with Crippen molar-refractivity contribution in [3.8, 4) is 11.3 Å². The van der Waals surface area contributed by atoms with Crippen LogP contribution in [-0.2, 0) is 23.2 Å². The van der Waals surface area contributed by atoms with Gasteiger partial charge in [-0.15, -0.1) is 0 Å². The summed E-state index contributed by atoms with van der Waals surface area (Å²) in [4.78, 5) is 24.6. The number of carbonyl (C=O) groups is 2. The number of anilines is 2. The van der Waals surface area contributed by atoms with Crippen molar-refractivity contribution in [2.45, 2.75) is 70.0 Å². The van der Waals surface area contributed by atoms with E-state index >= 15 is 8.78 Å². The minimum Gasteiger partial charge on any atom is -0.383 e. The van der Waals surface area contributed by atoms with Gasteiger partial charge in [-0.2, -0.15) is 18.3 Å². The fraction of sp³-hybridized carbons (Fsp3) is 0.462. The first-order chi connectivity index (χ1) is 18.7. The normalized spacial score (nSPS) is 17.4. The molecular weight excluding hydrogens is 539 g/mol. The van der Waals surface area contributed by atoms with Crippen LogP contribution in [0.3, 0.4) is 0 Å². The van der Waals surface area contributed by atoms with Crippen molar-refractivity contribution in [2.75, 3.05) is 11.1 Å². The lowest BCUT2D eigenvalue weighted by Crippen LogP contribution is -2.44. The van der Waals surface area contributed by atoms with Crippen LogP contribution in [0.5, 0.6) is 0 Å². The molecule has 2 saturated carbocycles. The van der Waals surface area contributed by atoms with E-state index < -0.39 is 47.0 Å². The van der Waals surface area contributed by atoms with Gasteiger partial charge >= 0.3 is 6.18 Å². The summed E-state index contributed by atoms with van der Waals surface area (Å²) in [6.07, 6.45) is -2.90. The molecule has 2 aromatic heterocycles. The van der Waals surface area contributed by atoms with Gasteiger partial charge in [0.05, 0.1) is 23.1 Å². The monoisotopic (exact) mass is 566 g/mol. The smallest absolute Gasteiger partial charge is 0.383 e. The van der Waals surface area contributed by atoms with Gasteiger partial charge < -0.3 is 16.0 Å². The molecule has 2 fully saturated rings. The summed E-state index contributed by atoms with van der Waals surface area (Å²) in [6.45, 7) is 1.86. The van der Waals surface area contributed by atoms with Crippen molar-refractivity contribution in [3.63, 3.8) is 0 Å². The molecule has 2 aliphatic rings. The van der Waals surface area contributed by atoms with E-state index in [-0.39, 0.29) is 65.5 Å². The second-order valence-corrected chi connectivity index (χ2v) is 10.8. The second-order valence-electron chi connectivity index (χ2n) is 10.8. The van der Waals surface area contributed by atoms with E-state index in [1.165, 1.54) is 22.9 Å². The number of hydrogen-bond acceptors (Lipinski definition) is 6. The van der Waals surface area contributed by atoms with Crippen molar-refractivity contribution < 1.29 is 36.1 Å². The zero-order valence-corrected chi connectivity index (χ0v) is 21.5. The summed E-state index contributed by atoms with van der Waals surface area (Å²) in [6, 6.07) is 3.65. The van der Waals surface area contributed by atoms with Crippen LogP contribution in [-0.4, -0.2) is 32.9 Å². The van der Waals surface area contributed by atoms with Crippen molar-refractivity contribution in [1.82, 2.24) is 14.9 Å². The average Bonchev–Trinajstić information content (AvgIpc) is 3.25. The number of aryl methyl sites for hydroxylation is 1. The van der Waals surface area contributed by atoms with Crippen molar-refractivity contribution in [3.05, 3.63) is 46.7 Å². The lowest BCUT2D eigenvalue weighted by molar-refractivity contribution is -0.253. The van der Waals surface area contributed by atoms with Crippen molar-refractivity contribution in [2.24, 2.45) is 11.1 Å². The van der Waals surface area contributed by atoms with Gasteiger partial charge in [-0.1, -0.05) is 17.6 Å². The van der Waals surface area contributed by atoms with Gasteiger partial charge in [0.15, 0.2) is 11.6 Å². The first-order valence-electron chi connectivity index (χ1n) is 12.7. The van der Waals surface area contributed by atoms with E-state index in [0.717, 1.165) is 12.8 Å². The van der Waals surface area contributed by atoms with Crippen LogP contribution in [0.2, 0.25) is 0 Å². The molecule has 40 heavy (non-hydrogen) atoms. The molecule has 3 aromatic rings. The van der Waals surface area contributed by atoms with Crippen LogP contribution in [0, 0.1) is 17.0 Å². The zero-order valence-electron chi connectivity index (χ0n) is 21.5. The number of nitrogens with zero attached hydrogens (tertiary/aromatic N) is 3. The summed E-state index contributed by atoms with van der Waals surface area (Å²) in [5, 5.41) is 10.3. The quantitative estimate of drug-likeness (QED) is 0.316. The zero-order chi connectivity index (χ0) is 29.0. The highest BCUT2D eigenvalue weighted by Crippen LogP contribution is 2.55. The maximum atomic E-state index is 15.2. The number of carbonyl (C=O) groups excluding carboxylic acids is 2. The Morgan fingerprint density at radius 2 is 1.85 bits per heavy atom. The molecule has 0 aliphatic heterocycles. The van der Waals surface area contributed by atoms with Crippen LogP contribution in [0.15, 0.2) is 22.7 Å². The van der Waals surface area contributed by atoms with E-state index in [1.54, 1.807) is 0 Å². The molecule has 5 rings (SSSR count). The number of nitrogen functional groups attached to an aromatic ring is 1. The number of primary amides is 1. The molecule has 2 amide bonds. The summed E-state index contributed by atoms with van der Waals surface area (Å²) >= 11 is 0. The predicted octanol–water partition coefficient (Wildman–Crippen LogP) is 4.85. The number of amides is 2. The largest absolute Gasteiger partial charge is 0.394 e. The number of hydrogen-bond donors (Lipinski definition) is 3. The Labute approximate surface area is 225 Å². The maximum absolute atomic E-state index is 15.2. The molecule has 0 unspecified atom stereocenters. The molecule has 0 radical (unpaired) electrons. The van der Waals surface area contributed by atoms with E-state index in [4.69, 9.17) is 16.0 Å². The standard InChI is InChI=1S/C26H27F5N6O3/c1-24(9-10-24)37-22(32)18(23(33)39)21(35-37)15-4-3-13(19(27)20(15)28)11-16(38)34-17-12-14(36-40-17)5-8-25(6-2-7-25)26(29,30)31/h3-4,12H,2,5-11,32H2,1H3,(H2,33,39)(H,34,38). The Balaban J connectivity index is 1.28. The van der Waals surface area contributed by atoms with Gasteiger partial charge in [0, 0.05) is 17.2 Å². The lowest BCUT2D eigenvalue weighted by atomic mass is 9.65. The Morgan fingerprint density at radius 3 is 2.42 bits per heavy atom. The number of aromatic nitrogens is 3. The highest BCUT2D eigenvalue weighted by Gasteiger charge is 2.57. The molecule has 5 N–H and O–H groups in total. The van der Waals surface area contributed by atoms with Crippen LogP contribution in [0.25, 0.3) is 11.3 Å².